The van der Waals surface area contributed by atoms with E-state index in [9.17, 15) is 25.0 Å². The van der Waals surface area contributed by atoms with Crippen LogP contribution in [0.2, 0.25) is 0 Å². The Bertz CT molecular complexity index is 763. The van der Waals surface area contributed by atoms with Crippen LogP contribution in [-0.2, 0) is 0 Å². The van der Waals surface area contributed by atoms with Crippen molar-refractivity contribution < 1.29 is 19.4 Å². The van der Waals surface area contributed by atoms with Gasteiger partial charge in [0.05, 0.1) is 21.5 Å². The monoisotopic (exact) mass is 316 g/mol. The maximum Gasteiger partial charge on any atom is 0.344 e. The standard InChI is InChI=1S/C15H12N2O6/c1-9-3-10(2)5-14(4-9)23-15(18)11-6-12(16(19)20)8-13(7-11)17(21)22/h3-8H,1-2H3. The van der Waals surface area contributed by atoms with Gasteiger partial charge in [-0.15, -0.1) is 0 Å². The summed E-state index contributed by atoms with van der Waals surface area (Å²) in [7, 11) is 0. The van der Waals surface area contributed by atoms with Gasteiger partial charge in [0.25, 0.3) is 11.4 Å². The molecule has 0 aromatic heterocycles. The molecule has 0 saturated heterocycles. The van der Waals surface area contributed by atoms with Crippen molar-refractivity contribution in [1.82, 2.24) is 0 Å². The summed E-state index contributed by atoms with van der Waals surface area (Å²) in [6.07, 6.45) is 0. The van der Waals surface area contributed by atoms with Gasteiger partial charge >= 0.3 is 5.97 Å². The number of non-ortho nitro benzene ring substituents is 2. The zero-order valence-electron chi connectivity index (χ0n) is 12.3. The van der Waals surface area contributed by atoms with Crippen LogP contribution in [0.4, 0.5) is 11.4 Å². The van der Waals surface area contributed by atoms with Gasteiger partial charge in [-0.1, -0.05) is 6.07 Å². The zero-order valence-corrected chi connectivity index (χ0v) is 12.3. The molecule has 0 unspecified atom stereocenters. The van der Waals surface area contributed by atoms with Crippen LogP contribution in [0.5, 0.6) is 5.75 Å². The highest BCUT2D eigenvalue weighted by Crippen LogP contribution is 2.24. The van der Waals surface area contributed by atoms with E-state index in [0.717, 1.165) is 29.3 Å². The lowest BCUT2D eigenvalue weighted by Gasteiger charge is -2.06. The fourth-order valence-electron chi connectivity index (χ4n) is 2.08. The average molecular weight is 316 g/mol. The third kappa shape index (κ3) is 3.88. The summed E-state index contributed by atoms with van der Waals surface area (Å²) in [5, 5.41) is 21.7. The molecule has 0 bridgehead atoms. The van der Waals surface area contributed by atoms with Gasteiger partial charge in [0.2, 0.25) is 0 Å². The quantitative estimate of drug-likeness (QED) is 0.370. The molecule has 0 heterocycles. The molecule has 0 fully saturated rings. The first kappa shape index (κ1) is 16.1. The van der Waals surface area contributed by atoms with E-state index in [1.807, 2.05) is 19.9 Å². The number of nitrogens with zero attached hydrogens (tertiary/aromatic N) is 2. The molecule has 0 amide bonds. The number of rotatable bonds is 4. The number of carbonyl (C=O) groups is 1. The molecule has 0 N–H and O–H groups in total. The first-order valence-electron chi connectivity index (χ1n) is 6.50. The Hall–Kier alpha value is -3.29. The number of aryl methyl sites for hydroxylation is 2. The smallest absolute Gasteiger partial charge is 0.344 e. The first-order valence-corrected chi connectivity index (χ1v) is 6.50. The minimum absolute atomic E-state index is 0.259. The Labute approximate surface area is 130 Å². The van der Waals surface area contributed by atoms with Crippen molar-refractivity contribution in [3.63, 3.8) is 0 Å². The Kier molecular flexibility index (Phi) is 4.35. The SMILES string of the molecule is Cc1cc(C)cc(OC(=O)c2cc([N+](=O)[O-])cc([N+](=O)[O-])c2)c1. The molecular weight excluding hydrogens is 304 g/mol. The lowest BCUT2D eigenvalue weighted by Crippen LogP contribution is -2.10. The molecular formula is C15H12N2O6. The zero-order chi connectivity index (χ0) is 17.1. The molecule has 0 atom stereocenters. The lowest BCUT2D eigenvalue weighted by atomic mass is 10.1. The van der Waals surface area contributed by atoms with Gasteiger partial charge in [-0.2, -0.15) is 0 Å². The van der Waals surface area contributed by atoms with E-state index >= 15 is 0 Å². The highest BCUT2D eigenvalue weighted by Gasteiger charge is 2.21. The highest BCUT2D eigenvalue weighted by atomic mass is 16.6. The predicted octanol–water partition coefficient (Wildman–Crippen LogP) is 3.34. The van der Waals surface area contributed by atoms with E-state index < -0.39 is 27.2 Å². The molecule has 0 spiro atoms. The van der Waals surface area contributed by atoms with Crippen molar-refractivity contribution in [1.29, 1.82) is 0 Å². The summed E-state index contributed by atoms with van der Waals surface area (Å²) >= 11 is 0. The van der Waals surface area contributed by atoms with Crippen LogP contribution in [0.1, 0.15) is 21.5 Å². The average Bonchev–Trinajstić information content (AvgIpc) is 2.45. The van der Waals surface area contributed by atoms with E-state index in [-0.39, 0.29) is 11.3 Å². The maximum absolute atomic E-state index is 12.1. The van der Waals surface area contributed by atoms with Crippen LogP contribution in [-0.4, -0.2) is 15.8 Å². The van der Waals surface area contributed by atoms with Crippen molar-refractivity contribution in [2.45, 2.75) is 13.8 Å². The Balaban J connectivity index is 2.38. The maximum atomic E-state index is 12.1. The summed E-state index contributed by atoms with van der Waals surface area (Å²) < 4.78 is 5.15. The largest absolute Gasteiger partial charge is 0.423 e. The molecule has 0 aliphatic carbocycles. The second-order valence-electron chi connectivity index (χ2n) is 4.97. The van der Waals surface area contributed by atoms with Crippen LogP contribution >= 0.6 is 0 Å². The minimum atomic E-state index is -0.901. The topological polar surface area (TPSA) is 113 Å². The van der Waals surface area contributed by atoms with Gasteiger partial charge in [0.1, 0.15) is 5.75 Å². The molecule has 0 radical (unpaired) electrons. The molecule has 2 aromatic carbocycles. The van der Waals surface area contributed by atoms with Crippen LogP contribution in [0.25, 0.3) is 0 Å². The highest BCUT2D eigenvalue weighted by molar-refractivity contribution is 5.92. The fraction of sp³-hybridized carbons (Fsp3) is 0.133. The second-order valence-corrected chi connectivity index (χ2v) is 4.97. The number of hydrogen-bond donors (Lipinski definition) is 0. The normalized spacial score (nSPS) is 10.2. The minimum Gasteiger partial charge on any atom is -0.423 e. The van der Waals surface area contributed by atoms with Gasteiger partial charge in [0.15, 0.2) is 0 Å². The summed E-state index contributed by atoms with van der Waals surface area (Å²) in [4.78, 5) is 32.2. The van der Waals surface area contributed by atoms with Crippen molar-refractivity contribution in [2.75, 3.05) is 0 Å². The lowest BCUT2D eigenvalue weighted by molar-refractivity contribution is -0.394. The fourth-order valence-corrected chi connectivity index (χ4v) is 2.08. The summed E-state index contributed by atoms with van der Waals surface area (Å²) in [5.41, 5.74) is 0.388. The van der Waals surface area contributed by atoms with Crippen LogP contribution in [0.15, 0.2) is 36.4 Å². The van der Waals surface area contributed by atoms with Crippen LogP contribution in [0, 0.1) is 34.1 Å². The van der Waals surface area contributed by atoms with E-state index in [2.05, 4.69) is 0 Å². The third-order valence-corrected chi connectivity index (χ3v) is 2.97. The summed E-state index contributed by atoms with van der Waals surface area (Å²) in [6.45, 7) is 3.64. The number of nitro groups is 2. The molecule has 118 valence electrons. The summed E-state index contributed by atoms with van der Waals surface area (Å²) in [6, 6.07) is 7.80. The molecule has 2 aromatic rings. The number of carbonyl (C=O) groups excluding carboxylic acids is 1. The van der Waals surface area contributed by atoms with Gasteiger partial charge in [-0.3, -0.25) is 20.2 Å². The van der Waals surface area contributed by atoms with E-state index in [1.165, 1.54) is 0 Å². The Morgan fingerprint density at radius 3 is 1.78 bits per heavy atom. The molecule has 0 aliphatic rings. The Morgan fingerprint density at radius 2 is 1.35 bits per heavy atom. The number of ether oxygens (including phenoxy) is 1. The number of esters is 1. The van der Waals surface area contributed by atoms with Crippen molar-refractivity contribution in [3.05, 3.63) is 73.3 Å². The molecule has 8 nitrogen and oxygen atoms in total. The van der Waals surface area contributed by atoms with Gasteiger partial charge in [0, 0.05) is 12.1 Å². The molecule has 2 rings (SSSR count). The van der Waals surface area contributed by atoms with Crippen LogP contribution < -0.4 is 4.74 Å². The number of benzene rings is 2. The van der Waals surface area contributed by atoms with Crippen molar-refractivity contribution in [2.24, 2.45) is 0 Å². The molecule has 0 aliphatic heterocycles. The second kappa shape index (κ2) is 6.22. The van der Waals surface area contributed by atoms with E-state index in [0.29, 0.717) is 0 Å². The third-order valence-electron chi connectivity index (χ3n) is 2.97. The van der Waals surface area contributed by atoms with Gasteiger partial charge < -0.3 is 4.74 Å². The Morgan fingerprint density at radius 1 is 0.870 bits per heavy atom. The van der Waals surface area contributed by atoms with Gasteiger partial charge in [-0.05, 0) is 37.1 Å². The predicted molar refractivity (Wildman–Crippen MR) is 80.6 cm³/mol. The van der Waals surface area contributed by atoms with Crippen LogP contribution in [0.3, 0.4) is 0 Å². The molecule has 0 saturated carbocycles. The molecule has 23 heavy (non-hydrogen) atoms. The molecule has 8 heteroatoms. The summed E-state index contributed by atoms with van der Waals surface area (Å²) in [5.74, 6) is -0.636. The number of hydrogen-bond acceptors (Lipinski definition) is 6. The van der Waals surface area contributed by atoms with E-state index in [4.69, 9.17) is 4.74 Å². The van der Waals surface area contributed by atoms with Crippen molar-refractivity contribution >= 4 is 17.3 Å². The van der Waals surface area contributed by atoms with E-state index in [1.54, 1.807) is 12.1 Å². The number of nitro benzene ring substituents is 2. The van der Waals surface area contributed by atoms with Gasteiger partial charge in [-0.25, -0.2) is 4.79 Å². The first-order chi connectivity index (χ1) is 10.8. The van der Waals surface area contributed by atoms with Crippen molar-refractivity contribution in [3.8, 4) is 5.75 Å².